The van der Waals surface area contributed by atoms with Gasteiger partial charge in [0.15, 0.2) is 17.3 Å². The van der Waals surface area contributed by atoms with Crippen molar-refractivity contribution in [2.45, 2.75) is 48.8 Å². The molecule has 0 radical (unpaired) electrons. The minimum atomic E-state index is -2.64. The van der Waals surface area contributed by atoms with Crippen LogP contribution in [0.15, 0.2) is 28.2 Å². The maximum absolute atomic E-state index is 12.9. The molecule has 0 bridgehead atoms. The number of aliphatic hydroxyl groups is 5. The Labute approximate surface area is 205 Å². The monoisotopic (exact) mass is 524 g/mol. The first-order chi connectivity index (χ1) is 17.5. The normalized spacial score (nSPS) is 33.9. The predicted molar refractivity (Wildman–Crippen MR) is 119 cm³/mol. The van der Waals surface area contributed by atoms with Crippen LogP contribution in [-0.2, 0) is 26.0 Å². The van der Waals surface area contributed by atoms with Crippen LogP contribution in [0.3, 0.4) is 0 Å². The summed E-state index contributed by atoms with van der Waals surface area (Å²) in [6.07, 6.45) is -6.25. The summed E-state index contributed by atoms with van der Waals surface area (Å²) in [6, 6.07) is 1.18. The molecule has 5 heterocycles. The fourth-order valence-corrected chi connectivity index (χ4v) is 4.50. The Morgan fingerprint density at radius 1 is 1.11 bits per heavy atom. The Hall–Kier alpha value is -3.49. The molecule has 18 nitrogen and oxygen atoms in total. The molecule has 2 saturated heterocycles. The smallest absolute Gasteiger partial charge is 0.353 e. The van der Waals surface area contributed by atoms with E-state index in [4.69, 9.17) is 25.7 Å². The number of aromatic amines is 1. The molecule has 0 spiro atoms. The summed E-state index contributed by atoms with van der Waals surface area (Å²) in [7, 11) is 0. The molecule has 7 atom stereocenters. The molecular formula is C19H24N8O10. The number of fused-ring (bicyclic) bond motifs is 1. The number of anilines is 2. The molecule has 0 saturated carbocycles. The van der Waals surface area contributed by atoms with Crippen LogP contribution in [0.4, 0.5) is 11.8 Å². The number of nitrogen functional groups attached to an aromatic ring is 2. The van der Waals surface area contributed by atoms with E-state index in [1.165, 1.54) is 6.07 Å². The summed E-state index contributed by atoms with van der Waals surface area (Å²) in [4.78, 5) is 39.2. The molecule has 200 valence electrons. The molecule has 2 aliphatic rings. The highest BCUT2D eigenvalue weighted by Gasteiger charge is 2.64. The Kier molecular flexibility index (Phi) is 6.00. The van der Waals surface area contributed by atoms with Crippen LogP contribution in [-0.4, -0.2) is 98.3 Å². The van der Waals surface area contributed by atoms with E-state index in [1.54, 1.807) is 0 Å². The molecule has 5 rings (SSSR count). The summed E-state index contributed by atoms with van der Waals surface area (Å²) in [6.45, 7) is -1.48. The van der Waals surface area contributed by atoms with Crippen molar-refractivity contribution in [3.05, 3.63) is 39.4 Å². The average Bonchev–Trinajstić information content (AvgIpc) is 3.48. The lowest BCUT2D eigenvalue weighted by atomic mass is 10.1. The van der Waals surface area contributed by atoms with E-state index >= 15 is 0 Å². The Morgan fingerprint density at radius 2 is 1.84 bits per heavy atom. The number of hydrogen-bond donors (Lipinski definition) is 8. The van der Waals surface area contributed by atoms with Crippen molar-refractivity contribution in [1.29, 1.82) is 0 Å². The molecule has 0 aliphatic carbocycles. The lowest BCUT2D eigenvalue weighted by Crippen LogP contribution is -2.57. The molecule has 0 unspecified atom stereocenters. The predicted octanol–water partition coefficient (Wildman–Crippen LogP) is -4.97. The maximum Gasteiger partial charge on any atom is 0.353 e. The summed E-state index contributed by atoms with van der Waals surface area (Å²) in [5.74, 6) is -5.39. The second-order valence-electron chi connectivity index (χ2n) is 8.57. The van der Waals surface area contributed by atoms with Gasteiger partial charge in [0.25, 0.3) is 17.4 Å². The molecule has 2 aliphatic heterocycles. The highest BCUT2D eigenvalue weighted by molar-refractivity contribution is 5.70. The Bertz CT molecular complexity index is 1440. The van der Waals surface area contributed by atoms with Gasteiger partial charge in [0.2, 0.25) is 5.95 Å². The average molecular weight is 524 g/mol. The first kappa shape index (κ1) is 25.2. The second kappa shape index (κ2) is 8.82. The van der Waals surface area contributed by atoms with Gasteiger partial charge in [0.05, 0.1) is 25.7 Å². The zero-order valence-electron chi connectivity index (χ0n) is 18.9. The van der Waals surface area contributed by atoms with Crippen LogP contribution in [0, 0.1) is 0 Å². The number of ether oxygens (including phenoxy) is 3. The minimum Gasteiger partial charge on any atom is -0.394 e. The minimum absolute atomic E-state index is 0.176. The number of imidazole rings is 1. The van der Waals surface area contributed by atoms with Crippen molar-refractivity contribution in [2.24, 2.45) is 0 Å². The van der Waals surface area contributed by atoms with Gasteiger partial charge in [-0.15, -0.1) is 0 Å². The highest BCUT2D eigenvalue weighted by Crippen LogP contribution is 2.46. The van der Waals surface area contributed by atoms with Crippen LogP contribution in [0.25, 0.3) is 11.2 Å². The number of rotatable bonds is 6. The van der Waals surface area contributed by atoms with Crippen LogP contribution < -0.4 is 22.7 Å². The zero-order chi connectivity index (χ0) is 26.7. The van der Waals surface area contributed by atoms with Crippen molar-refractivity contribution in [3.8, 4) is 0 Å². The number of aliphatic hydroxyl groups excluding tert-OH is 5. The fraction of sp³-hybridized carbons (Fsp3) is 0.526. The molecular weight excluding hydrogens is 500 g/mol. The van der Waals surface area contributed by atoms with Gasteiger partial charge in [-0.05, 0) is 6.07 Å². The van der Waals surface area contributed by atoms with Crippen LogP contribution in [0.1, 0.15) is 6.42 Å². The number of nitrogens with zero attached hydrogens (tertiary/aromatic N) is 5. The third kappa shape index (κ3) is 3.78. The largest absolute Gasteiger partial charge is 0.394 e. The van der Waals surface area contributed by atoms with E-state index < -0.39 is 73.2 Å². The van der Waals surface area contributed by atoms with Gasteiger partial charge in [-0.1, -0.05) is 0 Å². The molecule has 3 aromatic rings. The third-order valence-corrected chi connectivity index (χ3v) is 6.25. The zero-order valence-corrected chi connectivity index (χ0v) is 18.9. The van der Waals surface area contributed by atoms with Gasteiger partial charge in [-0.3, -0.25) is 19.1 Å². The topological polar surface area (TPSA) is 279 Å². The van der Waals surface area contributed by atoms with Crippen LogP contribution in [0.5, 0.6) is 0 Å². The second-order valence-corrected chi connectivity index (χ2v) is 8.57. The molecule has 2 fully saturated rings. The van der Waals surface area contributed by atoms with Crippen molar-refractivity contribution in [1.82, 2.24) is 29.1 Å². The van der Waals surface area contributed by atoms with Crippen molar-refractivity contribution in [3.63, 3.8) is 0 Å². The molecule has 18 heteroatoms. The van der Waals surface area contributed by atoms with Gasteiger partial charge >= 0.3 is 5.69 Å². The van der Waals surface area contributed by atoms with E-state index in [0.717, 1.165) is 17.1 Å². The molecule has 37 heavy (non-hydrogen) atoms. The standard InChI is InChI=1S/C19H24N8O10/c20-10-1-2-26(17(34)23-10)19(13(32)12(31)9(5-29)36-19)37-18(3-7(30)8(4-28)35-18)27-6-22-11-14(27)24-16(21)25-15(11)33/h1-2,6-9,12-13,28-32H,3-5H2,(H2,20,23,34)(H3,21,24,25,33)/t7-,8+,9+,12+,13+,18-,19-/m0/s1. The molecule has 10 N–H and O–H groups in total. The quantitative estimate of drug-likeness (QED) is 0.150. The van der Waals surface area contributed by atoms with Gasteiger partial charge in [0.1, 0.15) is 30.5 Å². The van der Waals surface area contributed by atoms with E-state index in [9.17, 15) is 35.1 Å². The number of aromatic nitrogens is 6. The van der Waals surface area contributed by atoms with Crippen molar-refractivity contribution in [2.75, 3.05) is 24.7 Å². The van der Waals surface area contributed by atoms with Gasteiger partial charge in [0, 0.05) is 6.20 Å². The van der Waals surface area contributed by atoms with Gasteiger partial charge in [-0.2, -0.15) is 9.97 Å². The summed E-state index contributed by atoms with van der Waals surface area (Å²) in [5, 5.41) is 51.8. The maximum atomic E-state index is 12.9. The van der Waals surface area contributed by atoms with Crippen LogP contribution in [0.2, 0.25) is 0 Å². The Balaban J connectivity index is 1.75. The summed E-state index contributed by atoms with van der Waals surface area (Å²) < 4.78 is 19.5. The fourth-order valence-electron chi connectivity index (χ4n) is 4.50. The number of nitrogens with one attached hydrogen (secondary N) is 1. The Morgan fingerprint density at radius 3 is 2.46 bits per heavy atom. The van der Waals surface area contributed by atoms with Gasteiger partial charge in [-0.25, -0.2) is 14.3 Å². The number of nitrogens with two attached hydrogens (primary N) is 2. The van der Waals surface area contributed by atoms with Crippen molar-refractivity contribution < 1.29 is 39.7 Å². The molecule has 0 aromatic carbocycles. The first-order valence-electron chi connectivity index (χ1n) is 11.0. The van der Waals surface area contributed by atoms with Gasteiger partial charge < -0.3 is 46.5 Å². The van der Waals surface area contributed by atoms with Crippen LogP contribution >= 0.6 is 0 Å². The van der Waals surface area contributed by atoms with E-state index in [1.807, 2.05) is 0 Å². The molecule has 0 amide bonds. The lowest BCUT2D eigenvalue weighted by molar-refractivity contribution is -0.433. The summed E-state index contributed by atoms with van der Waals surface area (Å²) in [5.41, 5.74) is 9.11. The SMILES string of the molecule is Nc1ccn([C@]2(O[C@]3(n4cnc5c(=O)[nH]c(N)nc54)C[C@H](O)[C@@H](CO)O3)O[C@H](CO)[C@@H](O)[C@H]2O)c(=O)n1. The summed E-state index contributed by atoms with van der Waals surface area (Å²) >= 11 is 0. The lowest BCUT2D eigenvalue weighted by Gasteiger charge is -2.41. The third-order valence-electron chi connectivity index (χ3n) is 6.25. The van der Waals surface area contributed by atoms with Crippen molar-refractivity contribution >= 4 is 22.9 Å². The first-order valence-corrected chi connectivity index (χ1v) is 11.0. The van der Waals surface area contributed by atoms with E-state index in [2.05, 4.69) is 19.9 Å². The molecule has 3 aromatic heterocycles. The van der Waals surface area contributed by atoms with E-state index in [0.29, 0.717) is 4.57 Å². The number of H-pyrrole nitrogens is 1. The number of hydrogen-bond acceptors (Lipinski definition) is 15. The highest BCUT2D eigenvalue weighted by atomic mass is 16.8. The van der Waals surface area contributed by atoms with E-state index in [-0.39, 0.29) is 22.9 Å².